The zero-order chi connectivity index (χ0) is 15.4. The Morgan fingerprint density at radius 2 is 1.55 bits per heavy atom. The molecule has 3 nitrogen and oxygen atoms in total. The highest BCUT2D eigenvalue weighted by Gasteiger charge is 2.35. The first kappa shape index (κ1) is 14.5. The molecule has 0 radical (unpaired) electrons. The van der Waals surface area contributed by atoms with Crippen molar-refractivity contribution in [2.24, 2.45) is 0 Å². The lowest BCUT2D eigenvalue weighted by Crippen LogP contribution is -2.45. The van der Waals surface area contributed by atoms with E-state index < -0.39 is 5.92 Å². The van der Waals surface area contributed by atoms with Crippen molar-refractivity contribution in [3.8, 4) is 0 Å². The largest absolute Gasteiger partial charge is 0.341 e. The molecular formula is C19H19NO2. The number of carbonyl (C=O) groups excluding carboxylic acids is 2. The fourth-order valence-electron chi connectivity index (χ4n) is 2.92. The van der Waals surface area contributed by atoms with Gasteiger partial charge in [0, 0.05) is 19.5 Å². The van der Waals surface area contributed by atoms with Crippen molar-refractivity contribution in [2.75, 3.05) is 13.1 Å². The van der Waals surface area contributed by atoms with Crippen molar-refractivity contribution in [1.82, 2.24) is 4.90 Å². The summed E-state index contributed by atoms with van der Waals surface area (Å²) in [5.41, 5.74) is 2.02. The number of amides is 1. The summed E-state index contributed by atoms with van der Waals surface area (Å²) in [4.78, 5) is 26.7. The maximum absolute atomic E-state index is 12.7. The Morgan fingerprint density at radius 3 is 2.23 bits per heavy atom. The third-order valence-corrected chi connectivity index (χ3v) is 4.15. The van der Waals surface area contributed by atoms with Crippen LogP contribution in [0.25, 0.3) is 0 Å². The summed E-state index contributed by atoms with van der Waals surface area (Å²) in [5.74, 6) is -0.642. The number of carbonyl (C=O) groups is 2. The summed E-state index contributed by atoms with van der Waals surface area (Å²) in [6.07, 6.45) is 1.27. The van der Waals surface area contributed by atoms with Gasteiger partial charge in [-0.25, -0.2) is 0 Å². The monoisotopic (exact) mass is 293 g/mol. The minimum Gasteiger partial charge on any atom is -0.341 e. The number of likely N-dealkylation sites (tertiary alicyclic amines) is 1. The van der Waals surface area contributed by atoms with Crippen LogP contribution in [0.5, 0.6) is 0 Å². The number of rotatable bonds is 4. The van der Waals surface area contributed by atoms with Gasteiger partial charge < -0.3 is 4.90 Å². The number of benzene rings is 2. The molecule has 1 atom stereocenters. The first-order chi connectivity index (χ1) is 10.8. The Bertz CT molecular complexity index is 652. The van der Waals surface area contributed by atoms with Crippen LogP contribution in [0.4, 0.5) is 0 Å². The quantitative estimate of drug-likeness (QED) is 0.813. The molecule has 0 aliphatic carbocycles. The first-order valence-electron chi connectivity index (χ1n) is 7.66. The first-order valence-corrected chi connectivity index (χ1v) is 7.66. The fraction of sp³-hybridized carbons (Fsp3) is 0.263. The van der Waals surface area contributed by atoms with Crippen molar-refractivity contribution in [1.29, 1.82) is 0 Å². The second-order valence-electron chi connectivity index (χ2n) is 5.62. The van der Waals surface area contributed by atoms with Gasteiger partial charge in [0.2, 0.25) is 5.91 Å². The standard InChI is InChI=1S/C19H19NO2/c21-17-12-14-20(13-11-15-7-3-1-4-8-15)19(22)18(17)16-9-5-2-6-10-16/h1-10,18H,11-14H2. The molecule has 112 valence electrons. The highest BCUT2D eigenvalue weighted by molar-refractivity contribution is 6.08. The molecule has 2 aromatic rings. The molecule has 1 unspecified atom stereocenters. The number of ketones is 1. The van der Waals surface area contributed by atoms with E-state index in [2.05, 4.69) is 12.1 Å². The summed E-state index contributed by atoms with van der Waals surface area (Å²) in [6, 6.07) is 19.5. The molecule has 0 saturated carbocycles. The highest BCUT2D eigenvalue weighted by atomic mass is 16.2. The SMILES string of the molecule is O=C1CCN(CCc2ccccc2)C(=O)C1c1ccccc1. The van der Waals surface area contributed by atoms with Crippen molar-refractivity contribution in [3.63, 3.8) is 0 Å². The molecule has 1 saturated heterocycles. The minimum atomic E-state index is -0.620. The average molecular weight is 293 g/mol. The van der Waals surface area contributed by atoms with Gasteiger partial charge >= 0.3 is 0 Å². The predicted octanol–water partition coefficient (Wildman–Crippen LogP) is 2.81. The maximum Gasteiger partial charge on any atom is 0.237 e. The van der Waals surface area contributed by atoms with E-state index in [1.807, 2.05) is 53.4 Å². The Morgan fingerprint density at radius 1 is 0.909 bits per heavy atom. The van der Waals surface area contributed by atoms with Crippen molar-refractivity contribution in [3.05, 3.63) is 71.8 Å². The van der Waals surface area contributed by atoms with Crippen LogP contribution >= 0.6 is 0 Å². The summed E-state index contributed by atoms with van der Waals surface area (Å²) < 4.78 is 0. The molecule has 3 heteroatoms. The Labute approximate surface area is 130 Å². The normalized spacial score (nSPS) is 18.5. The number of hydrogen-bond donors (Lipinski definition) is 0. The molecule has 2 aromatic carbocycles. The van der Waals surface area contributed by atoms with Crippen LogP contribution in [0.1, 0.15) is 23.5 Å². The summed E-state index contributed by atoms with van der Waals surface area (Å²) >= 11 is 0. The lowest BCUT2D eigenvalue weighted by atomic mass is 9.88. The van der Waals surface area contributed by atoms with Gasteiger partial charge in [0.05, 0.1) is 0 Å². The molecule has 0 bridgehead atoms. The third-order valence-electron chi connectivity index (χ3n) is 4.15. The molecule has 1 amide bonds. The van der Waals surface area contributed by atoms with E-state index in [1.54, 1.807) is 0 Å². The number of nitrogens with zero attached hydrogens (tertiary/aromatic N) is 1. The van der Waals surface area contributed by atoms with E-state index in [1.165, 1.54) is 5.56 Å². The third kappa shape index (κ3) is 3.08. The van der Waals surface area contributed by atoms with E-state index in [0.29, 0.717) is 19.5 Å². The molecule has 1 aliphatic heterocycles. The zero-order valence-corrected chi connectivity index (χ0v) is 12.4. The number of Topliss-reactive ketones (excluding diaryl/α,β-unsaturated/α-hetero) is 1. The zero-order valence-electron chi connectivity index (χ0n) is 12.4. The van der Waals surface area contributed by atoms with E-state index in [-0.39, 0.29) is 11.7 Å². The van der Waals surface area contributed by atoms with Crippen LogP contribution < -0.4 is 0 Å². The Hall–Kier alpha value is -2.42. The molecule has 1 fully saturated rings. The van der Waals surface area contributed by atoms with Crippen LogP contribution in [0.2, 0.25) is 0 Å². The summed E-state index contributed by atoms with van der Waals surface area (Å²) in [5, 5.41) is 0. The smallest absolute Gasteiger partial charge is 0.237 e. The van der Waals surface area contributed by atoms with Crippen LogP contribution in [-0.2, 0) is 16.0 Å². The molecule has 1 heterocycles. The van der Waals surface area contributed by atoms with Gasteiger partial charge in [0.1, 0.15) is 5.92 Å². The van der Waals surface area contributed by atoms with Crippen LogP contribution in [0.3, 0.4) is 0 Å². The maximum atomic E-state index is 12.7. The van der Waals surface area contributed by atoms with Gasteiger partial charge in [0.25, 0.3) is 0 Å². The van der Waals surface area contributed by atoms with Gasteiger partial charge in [-0.05, 0) is 17.5 Å². The van der Waals surface area contributed by atoms with Gasteiger partial charge in [-0.3, -0.25) is 9.59 Å². The lowest BCUT2D eigenvalue weighted by molar-refractivity contribution is -0.141. The fourth-order valence-corrected chi connectivity index (χ4v) is 2.92. The molecule has 1 aliphatic rings. The molecule has 22 heavy (non-hydrogen) atoms. The van der Waals surface area contributed by atoms with Gasteiger partial charge in [-0.1, -0.05) is 60.7 Å². The predicted molar refractivity (Wildman–Crippen MR) is 85.5 cm³/mol. The average Bonchev–Trinajstić information content (AvgIpc) is 2.56. The Kier molecular flexibility index (Phi) is 4.33. The second-order valence-corrected chi connectivity index (χ2v) is 5.62. The number of hydrogen-bond acceptors (Lipinski definition) is 2. The van der Waals surface area contributed by atoms with Crippen LogP contribution in [0.15, 0.2) is 60.7 Å². The lowest BCUT2D eigenvalue weighted by Gasteiger charge is -2.31. The van der Waals surface area contributed by atoms with E-state index in [4.69, 9.17) is 0 Å². The molecule has 0 aromatic heterocycles. The van der Waals surface area contributed by atoms with E-state index in [0.717, 1.165) is 12.0 Å². The van der Waals surface area contributed by atoms with Crippen LogP contribution in [0, 0.1) is 0 Å². The van der Waals surface area contributed by atoms with E-state index >= 15 is 0 Å². The second kappa shape index (κ2) is 6.56. The molecular weight excluding hydrogens is 274 g/mol. The minimum absolute atomic E-state index is 0.0344. The van der Waals surface area contributed by atoms with Crippen molar-refractivity contribution >= 4 is 11.7 Å². The van der Waals surface area contributed by atoms with Gasteiger partial charge in [-0.2, -0.15) is 0 Å². The summed E-state index contributed by atoms with van der Waals surface area (Å²) in [7, 11) is 0. The molecule has 0 spiro atoms. The topological polar surface area (TPSA) is 37.4 Å². The number of piperidine rings is 1. The summed E-state index contributed by atoms with van der Waals surface area (Å²) in [6.45, 7) is 1.20. The van der Waals surface area contributed by atoms with Crippen molar-refractivity contribution in [2.45, 2.75) is 18.8 Å². The van der Waals surface area contributed by atoms with Crippen LogP contribution in [-0.4, -0.2) is 29.7 Å². The highest BCUT2D eigenvalue weighted by Crippen LogP contribution is 2.25. The van der Waals surface area contributed by atoms with Gasteiger partial charge in [0.15, 0.2) is 5.78 Å². The Balaban J connectivity index is 1.71. The molecule has 3 rings (SSSR count). The van der Waals surface area contributed by atoms with Gasteiger partial charge in [-0.15, -0.1) is 0 Å². The van der Waals surface area contributed by atoms with Crippen molar-refractivity contribution < 1.29 is 9.59 Å². The van der Waals surface area contributed by atoms with E-state index in [9.17, 15) is 9.59 Å². The molecule has 0 N–H and O–H groups in total.